The molecular weight excluding hydrogens is 488 g/mol. The van der Waals surface area contributed by atoms with Crippen molar-refractivity contribution in [1.82, 2.24) is 5.32 Å². The number of carbonyl (C=O) groups excluding carboxylic acids is 1. The van der Waals surface area contributed by atoms with Crippen LogP contribution in [0.3, 0.4) is 0 Å². The van der Waals surface area contributed by atoms with E-state index in [1.807, 2.05) is 6.92 Å². The molecule has 0 fully saturated rings. The average Bonchev–Trinajstić information content (AvgIpc) is 2.83. The van der Waals surface area contributed by atoms with E-state index in [0.29, 0.717) is 17.0 Å². The third-order valence-corrected chi connectivity index (χ3v) is 8.70. The van der Waals surface area contributed by atoms with Gasteiger partial charge in [0, 0.05) is 6.26 Å². The molecule has 4 rings (SSSR count). The number of nitrogens with one attached hydrogen (secondary N) is 1. The van der Waals surface area contributed by atoms with E-state index in [4.69, 9.17) is 4.74 Å². The first-order chi connectivity index (χ1) is 16.5. The molecule has 3 aromatic rings. The number of nitrogens with zero attached hydrogens (tertiary/aromatic N) is 1. The number of anilines is 1. The molecule has 1 N–H and O–H groups in total. The molecule has 0 bridgehead atoms. The largest absolute Gasteiger partial charge is 0.476 e. The van der Waals surface area contributed by atoms with Gasteiger partial charge in [-0.2, -0.15) is 0 Å². The Bertz CT molecular complexity index is 1450. The van der Waals surface area contributed by atoms with Gasteiger partial charge in [0.1, 0.15) is 5.75 Å². The lowest BCUT2D eigenvalue weighted by Crippen LogP contribution is -2.51. The van der Waals surface area contributed by atoms with Crippen LogP contribution in [0.15, 0.2) is 82.6 Å². The van der Waals surface area contributed by atoms with Gasteiger partial charge >= 0.3 is 0 Å². The Morgan fingerprint density at radius 2 is 1.63 bits per heavy atom. The lowest BCUT2D eigenvalue weighted by Gasteiger charge is -2.35. The Morgan fingerprint density at radius 3 is 2.26 bits per heavy atom. The number of rotatable bonds is 6. The fraction of sp³-hybridized carbons (Fsp3) is 0.240. The molecule has 184 valence electrons. The summed E-state index contributed by atoms with van der Waals surface area (Å²) in [5.41, 5.74) is 1.93. The maximum Gasteiger partial charge on any atom is 0.264 e. The number of hydrogen-bond donors (Lipinski definition) is 1. The summed E-state index contributed by atoms with van der Waals surface area (Å²) in [6, 6.07) is 19.0. The van der Waals surface area contributed by atoms with Gasteiger partial charge in [-0.1, -0.05) is 36.4 Å². The first-order valence-corrected chi connectivity index (χ1v) is 14.3. The van der Waals surface area contributed by atoms with Crippen LogP contribution >= 0.6 is 0 Å². The average molecular weight is 515 g/mol. The van der Waals surface area contributed by atoms with Crippen LogP contribution < -0.4 is 14.4 Å². The number of ether oxygens (including phenoxy) is 1. The second-order valence-corrected chi connectivity index (χ2v) is 12.4. The number of benzene rings is 3. The van der Waals surface area contributed by atoms with E-state index >= 15 is 0 Å². The molecule has 0 aliphatic carbocycles. The zero-order valence-electron chi connectivity index (χ0n) is 19.5. The first-order valence-electron chi connectivity index (χ1n) is 10.9. The van der Waals surface area contributed by atoms with Gasteiger partial charge < -0.3 is 10.1 Å². The highest BCUT2D eigenvalue weighted by Crippen LogP contribution is 2.37. The van der Waals surface area contributed by atoms with Crippen molar-refractivity contribution in [2.24, 2.45) is 0 Å². The maximum absolute atomic E-state index is 13.5. The van der Waals surface area contributed by atoms with Crippen LogP contribution in [0.25, 0.3) is 0 Å². The van der Waals surface area contributed by atoms with Crippen LogP contribution in [0.4, 0.5) is 5.69 Å². The van der Waals surface area contributed by atoms with Gasteiger partial charge in [0.2, 0.25) is 0 Å². The van der Waals surface area contributed by atoms with E-state index in [1.165, 1.54) is 28.6 Å². The summed E-state index contributed by atoms with van der Waals surface area (Å²) in [4.78, 5) is 13.4. The van der Waals surface area contributed by atoms with E-state index in [9.17, 15) is 21.6 Å². The van der Waals surface area contributed by atoms with Crippen LogP contribution in [0.2, 0.25) is 0 Å². The van der Waals surface area contributed by atoms with E-state index < -0.39 is 37.9 Å². The number of hydrogen-bond acceptors (Lipinski definition) is 6. The summed E-state index contributed by atoms with van der Waals surface area (Å²) >= 11 is 0. The minimum Gasteiger partial charge on any atom is -0.476 e. The number of sulfone groups is 1. The molecule has 0 unspecified atom stereocenters. The van der Waals surface area contributed by atoms with Crippen LogP contribution in [0.5, 0.6) is 5.75 Å². The third kappa shape index (κ3) is 5.18. The second-order valence-electron chi connectivity index (χ2n) is 8.50. The standard InChI is InChI=1S/C25H26N2O6S2/c1-17-9-14-23-22(15-17)27(35(31,32)21-7-5-4-6-8-21)16-24(33-23)25(28)26-18(2)19-10-12-20(13-11-19)34(3,29)30/h4-15,18,24H,16H2,1-3H3,(H,26,28)/t18-,24+/m0/s1. The minimum atomic E-state index is -3.94. The number of sulfonamides is 1. The molecular formula is C25H26N2O6S2. The second kappa shape index (κ2) is 9.35. The predicted molar refractivity (Wildman–Crippen MR) is 133 cm³/mol. The smallest absolute Gasteiger partial charge is 0.264 e. The fourth-order valence-corrected chi connectivity index (χ4v) is 5.96. The molecule has 3 aromatic carbocycles. The summed E-state index contributed by atoms with van der Waals surface area (Å²) in [5, 5.41) is 2.84. The molecule has 35 heavy (non-hydrogen) atoms. The van der Waals surface area contributed by atoms with Gasteiger partial charge in [-0.15, -0.1) is 0 Å². The van der Waals surface area contributed by atoms with Gasteiger partial charge in [0.15, 0.2) is 15.9 Å². The van der Waals surface area contributed by atoms with Crippen LogP contribution in [-0.2, 0) is 24.7 Å². The number of aryl methyl sites for hydroxylation is 1. The van der Waals surface area contributed by atoms with Crippen molar-refractivity contribution in [2.75, 3.05) is 17.1 Å². The van der Waals surface area contributed by atoms with E-state index in [-0.39, 0.29) is 16.3 Å². The predicted octanol–water partition coefficient (Wildman–Crippen LogP) is 3.23. The molecule has 8 nitrogen and oxygen atoms in total. The number of carbonyl (C=O) groups is 1. The normalized spacial score (nSPS) is 16.7. The zero-order valence-corrected chi connectivity index (χ0v) is 21.1. The van der Waals surface area contributed by atoms with E-state index in [2.05, 4.69) is 5.32 Å². The molecule has 0 spiro atoms. The molecule has 2 atom stereocenters. The maximum atomic E-state index is 13.5. The molecule has 0 saturated heterocycles. The van der Waals surface area contributed by atoms with Gasteiger partial charge in [-0.3, -0.25) is 9.10 Å². The summed E-state index contributed by atoms with van der Waals surface area (Å²) in [6.07, 6.45) is 0.0452. The van der Waals surface area contributed by atoms with Crippen molar-refractivity contribution in [3.8, 4) is 5.75 Å². The summed E-state index contributed by atoms with van der Waals surface area (Å²) in [6.45, 7) is 3.41. The number of fused-ring (bicyclic) bond motifs is 1. The Hall–Kier alpha value is -3.37. The Kier molecular flexibility index (Phi) is 6.61. The quantitative estimate of drug-likeness (QED) is 0.541. The third-order valence-electron chi connectivity index (χ3n) is 5.77. The monoisotopic (exact) mass is 514 g/mol. The fourth-order valence-electron chi connectivity index (χ4n) is 3.84. The molecule has 0 saturated carbocycles. The van der Waals surface area contributed by atoms with Crippen molar-refractivity contribution >= 4 is 31.5 Å². The van der Waals surface area contributed by atoms with Crippen molar-refractivity contribution in [2.45, 2.75) is 35.8 Å². The summed E-state index contributed by atoms with van der Waals surface area (Å²) in [7, 11) is -7.27. The van der Waals surface area contributed by atoms with Crippen molar-refractivity contribution < 1.29 is 26.4 Å². The highest BCUT2D eigenvalue weighted by atomic mass is 32.2. The zero-order chi connectivity index (χ0) is 25.4. The summed E-state index contributed by atoms with van der Waals surface area (Å²) < 4.78 is 57.5. The molecule has 1 heterocycles. The van der Waals surface area contributed by atoms with Crippen LogP contribution in [0, 0.1) is 6.92 Å². The van der Waals surface area contributed by atoms with Gasteiger partial charge in [-0.25, -0.2) is 16.8 Å². The van der Waals surface area contributed by atoms with Crippen molar-refractivity contribution in [3.63, 3.8) is 0 Å². The topological polar surface area (TPSA) is 110 Å². The molecule has 10 heteroatoms. The molecule has 0 aromatic heterocycles. The van der Waals surface area contributed by atoms with E-state index in [1.54, 1.807) is 55.5 Å². The van der Waals surface area contributed by atoms with Crippen molar-refractivity contribution in [3.05, 3.63) is 83.9 Å². The highest BCUT2D eigenvalue weighted by molar-refractivity contribution is 7.92. The lowest BCUT2D eigenvalue weighted by molar-refractivity contribution is -0.128. The van der Waals surface area contributed by atoms with Gasteiger partial charge in [0.25, 0.3) is 15.9 Å². The SMILES string of the molecule is Cc1ccc2c(c1)N(S(=O)(=O)c1ccccc1)C[C@H](C(=O)N[C@@H](C)c1ccc(S(C)(=O)=O)cc1)O2. The highest BCUT2D eigenvalue weighted by Gasteiger charge is 2.38. The Balaban J connectivity index is 1.60. The molecule has 1 amide bonds. The van der Waals surface area contributed by atoms with Crippen LogP contribution in [0.1, 0.15) is 24.1 Å². The molecule has 1 aliphatic heterocycles. The van der Waals surface area contributed by atoms with Gasteiger partial charge in [0.05, 0.1) is 28.1 Å². The van der Waals surface area contributed by atoms with Crippen molar-refractivity contribution in [1.29, 1.82) is 0 Å². The molecule has 0 radical (unpaired) electrons. The first kappa shape index (κ1) is 24.7. The summed E-state index contributed by atoms with van der Waals surface area (Å²) in [5.74, 6) is -0.184. The van der Waals surface area contributed by atoms with Crippen LogP contribution in [-0.4, -0.2) is 41.6 Å². The Labute approximate surface area is 205 Å². The van der Waals surface area contributed by atoms with Gasteiger partial charge in [-0.05, 0) is 61.4 Å². The number of amides is 1. The minimum absolute atomic E-state index is 0.118. The lowest BCUT2D eigenvalue weighted by atomic mass is 10.1. The Morgan fingerprint density at radius 1 is 0.971 bits per heavy atom. The van der Waals surface area contributed by atoms with E-state index in [0.717, 1.165) is 11.8 Å². The molecule has 1 aliphatic rings.